The molecule has 2 heterocycles. The van der Waals surface area contributed by atoms with Crippen LogP contribution < -0.4 is 5.32 Å². The first-order valence-corrected chi connectivity index (χ1v) is 8.40. The van der Waals surface area contributed by atoms with E-state index >= 15 is 0 Å². The molecule has 5 nitrogen and oxygen atoms in total. The lowest BCUT2D eigenvalue weighted by atomic mass is 9.94. The van der Waals surface area contributed by atoms with E-state index in [2.05, 4.69) is 5.32 Å². The molecule has 0 aromatic carbocycles. The maximum atomic E-state index is 12.8. The van der Waals surface area contributed by atoms with Crippen molar-refractivity contribution in [2.45, 2.75) is 51.5 Å². The molecule has 21 heavy (non-hydrogen) atoms. The Labute approximate surface area is 128 Å². The molecule has 0 bridgehead atoms. The van der Waals surface area contributed by atoms with Crippen LogP contribution in [0, 0.1) is 5.92 Å². The zero-order chi connectivity index (χ0) is 15.2. The summed E-state index contributed by atoms with van der Waals surface area (Å²) in [6, 6.07) is -0.202. The number of nitrogens with one attached hydrogen (secondary N) is 1. The smallest absolute Gasteiger partial charge is 0.245 e. The van der Waals surface area contributed by atoms with Crippen LogP contribution in [-0.2, 0) is 9.59 Å². The highest BCUT2D eigenvalue weighted by atomic mass is 16.2. The zero-order valence-corrected chi connectivity index (χ0v) is 13.4. The number of hydrogen-bond acceptors (Lipinski definition) is 3. The van der Waals surface area contributed by atoms with Crippen LogP contribution in [0.4, 0.5) is 0 Å². The molecule has 0 aliphatic carbocycles. The second-order valence-corrected chi connectivity index (χ2v) is 6.28. The van der Waals surface area contributed by atoms with Crippen molar-refractivity contribution >= 4 is 11.8 Å². The van der Waals surface area contributed by atoms with Gasteiger partial charge in [0.15, 0.2) is 0 Å². The quantitative estimate of drug-likeness (QED) is 0.849. The second kappa shape index (κ2) is 7.78. The predicted octanol–water partition coefficient (Wildman–Crippen LogP) is 1.24. The zero-order valence-electron chi connectivity index (χ0n) is 13.4. The van der Waals surface area contributed by atoms with Crippen molar-refractivity contribution in [2.24, 2.45) is 5.92 Å². The molecular weight excluding hydrogens is 266 g/mol. The molecular formula is C16H29N3O2. The highest BCUT2D eigenvalue weighted by Gasteiger charge is 2.35. The van der Waals surface area contributed by atoms with Gasteiger partial charge in [0.1, 0.15) is 6.04 Å². The molecule has 5 heteroatoms. The van der Waals surface area contributed by atoms with Crippen LogP contribution in [0.15, 0.2) is 0 Å². The van der Waals surface area contributed by atoms with Gasteiger partial charge in [0.2, 0.25) is 11.8 Å². The molecule has 2 rings (SSSR count). The maximum absolute atomic E-state index is 12.8. The minimum atomic E-state index is -0.202. The molecule has 2 aliphatic heterocycles. The molecule has 0 radical (unpaired) electrons. The van der Waals surface area contributed by atoms with Gasteiger partial charge in [0, 0.05) is 26.1 Å². The summed E-state index contributed by atoms with van der Waals surface area (Å²) in [4.78, 5) is 28.6. The SMILES string of the molecule is CCC(=O)N1CCCCC1C(=O)N1CCC(CNC)CC1. The van der Waals surface area contributed by atoms with E-state index in [-0.39, 0.29) is 17.9 Å². The van der Waals surface area contributed by atoms with Gasteiger partial charge in [0.05, 0.1) is 0 Å². The van der Waals surface area contributed by atoms with E-state index in [1.807, 2.05) is 23.8 Å². The van der Waals surface area contributed by atoms with Crippen LogP contribution in [-0.4, -0.2) is 60.9 Å². The van der Waals surface area contributed by atoms with E-state index in [0.29, 0.717) is 12.3 Å². The van der Waals surface area contributed by atoms with Crippen LogP contribution in [0.3, 0.4) is 0 Å². The average Bonchev–Trinajstić information content (AvgIpc) is 2.54. The Kier molecular flexibility index (Phi) is 6.03. The summed E-state index contributed by atoms with van der Waals surface area (Å²) in [7, 11) is 1.98. The molecule has 2 aliphatic rings. The van der Waals surface area contributed by atoms with Crippen LogP contribution in [0.5, 0.6) is 0 Å². The largest absolute Gasteiger partial charge is 0.341 e. The van der Waals surface area contributed by atoms with Crippen molar-refractivity contribution < 1.29 is 9.59 Å². The number of carbonyl (C=O) groups is 2. The van der Waals surface area contributed by atoms with Gasteiger partial charge < -0.3 is 15.1 Å². The van der Waals surface area contributed by atoms with E-state index in [0.717, 1.165) is 58.3 Å². The molecule has 1 atom stereocenters. The molecule has 2 fully saturated rings. The van der Waals surface area contributed by atoms with E-state index in [1.54, 1.807) is 0 Å². The van der Waals surface area contributed by atoms with Crippen LogP contribution >= 0.6 is 0 Å². The number of likely N-dealkylation sites (tertiary alicyclic amines) is 2. The van der Waals surface area contributed by atoms with Crippen molar-refractivity contribution in [3.8, 4) is 0 Å². The number of rotatable bonds is 4. The summed E-state index contributed by atoms with van der Waals surface area (Å²) in [5.74, 6) is 0.983. The molecule has 2 saturated heterocycles. The van der Waals surface area contributed by atoms with E-state index < -0.39 is 0 Å². The third kappa shape index (κ3) is 3.96. The van der Waals surface area contributed by atoms with Crippen molar-refractivity contribution in [3.05, 3.63) is 0 Å². The third-order valence-electron chi connectivity index (χ3n) is 4.83. The van der Waals surface area contributed by atoms with Crippen molar-refractivity contribution in [2.75, 3.05) is 33.2 Å². The van der Waals surface area contributed by atoms with Gasteiger partial charge >= 0.3 is 0 Å². The average molecular weight is 295 g/mol. The lowest BCUT2D eigenvalue weighted by Crippen LogP contribution is -2.54. The molecule has 1 unspecified atom stereocenters. The number of amides is 2. The fraction of sp³-hybridized carbons (Fsp3) is 0.875. The van der Waals surface area contributed by atoms with Gasteiger partial charge in [-0.15, -0.1) is 0 Å². The standard InChI is InChI=1S/C16H29N3O2/c1-3-15(20)19-9-5-4-6-14(19)16(21)18-10-7-13(8-11-18)12-17-2/h13-14,17H,3-12H2,1-2H3. The number of hydrogen-bond donors (Lipinski definition) is 1. The Hall–Kier alpha value is -1.10. The summed E-state index contributed by atoms with van der Waals surface area (Å²) in [5, 5.41) is 3.22. The highest BCUT2D eigenvalue weighted by molar-refractivity contribution is 5.87. The highest BCUT2D eigenvalue weighted by Crippen LogP contribution is 2.23. The van der Waals surface area contributed by atoms with Gasteiger partial charge in [-0.2, -0.15) is 0 Å². The summed E-state index contributed by atoms with van der Waals surface area (Å²) in [5.41, 5.74) is 0. The predicted molar refractivity (Wildman–Crippen MR) is 82.9 cm³/mol. The molecule has 2 amide bonds. The summed E-state index contributed by atoms with van der Waals surface area (Å²) in [6.45, 7) is 5.35. The first-order valence-electron chi connectivity index (χ1n) is 8.40. The lowest BCUT2D eigenvalue weighted by molar-refractivity contribution is -0.148. The fourth-order valence-electron chi connectivity index (χ4n) is 3.55. The van der Waals surface area contributed by atoms with Gasteiger partial charge in [-0.3, -0.25) is 9.59 Å². The van der Waals surface area contributed by atoms with Crippen LogP contribution in [0.1, 0.15) is 45.4 Å². The summed E-state index contributed by atoms with van der Waals surface area (Å²) >= 11 is 0. The monoisotopic (exact) mass is 295 g/mol. The first kappa shape index (κ1) is 16.3. The summed E-state index contributed by atoms with van der Waals surface area (Å²) in [6.07, 6.45) is 5.55. The van der Waals surface area contributed by atoms with Crippen molar-refractivity contribution in [1.29, 1.82) is 0 Å². The molecule has 1 N–H and O–H groups in total. The molecule has 0 spiro atoms. The Morgan fingerprint density at radius 2 is 1.81 bits per heavy atom. The summed E-state index contributed by atoms with van der Waals surface area (Å²) < 4.78 is 0. The molecule has 0 aromatic heterocycles. The molecule has 120 valence electrons. The normalized spacial score (nSPS) is 24.2. The van der Waals surface area contributed by atoms with Gasteiger partial charge in [-0.05, 0) is 51.6 Å². The van der Waals surface area contributed by atoms with Crippen molar-refractivity contribution in [3.63, 3.8) is 0 Å². The van der Waals surface area contributed by atoms with E-state index in [1.165, 1.54) is 0 Å². The van der Waals surface area contributed by atoms with Gasteiger partial charge in [-0.25, -0.2) is 0 Å². The molecule has 0 aromatic rings. The Balaban J connectivity index is 1.93. The van der Waals surface area contributed by atoms with Gasteiger partial charge in [-0.1, -0.05) is 6.92 Å². The minimum absolute atomic E-state index is 0.123. The van der Waals surface area contributed by atoms with E-state index in [4.69, 9.17) is 0 Å². The van der Waals surface area contributed by atoms with Crippen molar-refractivity contribution in [1.82, 2.24) is 15.1 Å². The van der Waals surface area contributed by atoms with E-state index in [9.17, 15) is 9.59 Å². The third-order valence-corrected chi connectivity index (χ3v) is 4.83. The van der Waals surface area contributed by atoms with Crippen LogP contribution in [0.2, 0.25) is 0 Å². The Morgan fingerprint density at radius 1 is 1.10 bits per heavy atom. The number of carbonyl (C=O) groups excluding carboxylic acids is 2. The second-order valence-electron chi connectivity index (χ2n) is 6.28. The molecule has 0 saturated carbocycles. The minimum Gasteiger partial charge on any atom is -0.341 e. The van der Waals surface area contributed by atoms with Gasteiger partial charge in [0.25, 0.3) is 0 Å². The maximum Gasteiger partial charge on any atom is 0.245 e. The number of nitrogens with zero attached hydrogens (tertiary/aromatic N) is 2. The number of piperidine rings is 2. The fourth-order valence-corrected chi connectivity index (χ4v) is 3.55. The first-order chi connectivity index (χ1) is 10.2. The topological polar surface area (TPSA) is 52.7 Å². The van der Waals surface area contributed by atoms with Crippen LogP contribution in [0.25, 0.3) is 0 Å². The lowest BCUT2D eigenvalue weighted by Gasteiger charge is -2.40. The Bertz CT molecular complexity index is 365. The Morgan fingerprint density at radius 3 is 2.43 bits per heavy atom.